The molecule has 80 valence electrons. The highest BCUT2D eigenvalue weighted by molar-refractivity contribution is 6.29. The number of anilines is 1. The van der Waals surface area contributed by atoms with Gasteiger partial charge in [-0.1, -0.05) is 11.6 Å². The van der Waals surface area contributed by atoms with Gasteiger partial charge in [-0.25, -0.2) is 9.59 Å². The lowest BCUT2D eigenvalue weighted by molar-refractivity contribution is 0.200. The van der Waals surface area contributed by atoms with Gasteiger partial charge in [0.15, 0.2) is 0 Å². The summed E-state index contributed by atoms with van der Waals surface area (Å²) in [5.41, 5.74) is -0.520. The average molecular weight is 230 g/mol. The van der Waals surface area contributed by atoms with E-state index in [0.717, 1.165) is 4.90 Å². The summed E-state index contributed by atoms with van der Waals surface area (Å²) in [6.45, 7) is 2.03. The maximum Gasteiger partial charge on any atom is 0.413 e. The van der Waals surface area contributed by atoms with Crippen LogP contribution in [-0.2, 0) is 6.54 Å². The third-order valence-electron chi connectivity index (χ3n) is 2.30. The molecular weight excluding hydrogens is 222 g/mol. The monoisotopic (exact) mass is 229 g/mol. The SMILES string of the molecule is C[C@H]1Cn2c(cc(Cl)nc2=O)N1C(=O)O. The van der Waals surface area contributed by atoms with Crippen LogP contribution in [0.4, 0.5) is 10.6 Å². The van der Waals surface area contributed by atoms with Crippen molar-refractivity contribution in [3.8, 4) is 0 Å². The van der Waals surface area contributed by atoms with Crippen molar-refractivity contribution < 1.29 is 9.90 Å². The number of hydrogen-bond acceptors (Lipinski definition) is 3. The number of rotatable bonds is 0. The Bertz CT molecular complexity index is 485. The van der Waals surface area contributed by atoms with Gasteiger partial charge in [-0.2, -0.15) is 4.98 Å². The first-order valence-corrected chi connectivity index (χ1v) is 4.68. The molecule has 0 saturated carbocycles. The summed E-state index contributed by atoms with van der Waals surface area (Å²) in [4.78, 5) is 27.0. The highest BCUT2D eigenvalue weighted by atomic mass is 35.5. The topological polar surface area (TPSA) is 75.4 Å². The molecule has 0 radical (unpaired) electrons. The van der Waals surface area contributed by atoms with Gasteiger partial charge in [0.1, 0.15) is 11.0 Å². The van der Waals surface area contributed by atoms with Gasteiger partial charge >= 0.3 is 11.8 Å². The number of amides is 1. The number of carboxylic acid groups (broad SMARTS) is 1. The summed E-state index contributed by atoms with van der Waals surface area (Å²) < 4.78 is 1.30. The summed E-state index contributed by atoms with van der Waals surface area (Å²) >= 11 is 5.60. The Morgan fingerprint density at radius 1 is 1.73 bits per heavy atom. The molecule has 1 aliphatic rings. The van der Waals surface area contributed by atoms with Crippen molar-refractivity contribution >= 4 is 23.5 Å². The van der Waals surface area contributed by atoms with Crippen LogP contribution in [-0.4, -0.2) is 26.8 Å². The van der Waals surface area contributed by atoms with E-state index in [-0.39, 0.29) is 17.0 Å². The predicted octanol–water partition coefficient (Wildman–Crippen LogP) is 0.783. The van der Waals surface area contributed by atoms with Crippen LogP contribution in [0.1, 0.15) is 6.92 Å². The highest BCUT2D eigenvalue weighted by Gasteiger charge is 2.32. The van der Waals surface area contributed by atoms with E-state index in [0.29, 0.717) is 6.54 Å². The van der Waals surface area contributed by atoms with E-state index in [4.69, 9.17) is 16.7 Å². The summed E-state index contributed by atoms with van der Waals surface area (Å²) in [7, 11) is 0. The van der Waals surface area contributed by atoms with Crippen molar-refractivity contribution in [2.75, 3.05) is 4.90 Å². The molecule has 0 spiro atoms. The van der Waals surface area contributed by atoms with E-state index < -0.39 is 11.8 Å². The molecule has 1 aromatic rings. The van der Waals surface area contributed by atoms with Gasteiger partial charge in [0.05, 0.1) is 6.04 Å². The van der Waals surface area contributed by atoms with Gasteiger partial charge < -0.3 is 5.11 Å². The highest BCUT2D eigenvalue weighted by Crippen LogP contribution is 2.25. The van der Waals surface area contributed by atoms with Gasteiger partial charge in [0.2, 0.25) is 0 Å². The number of hydrogen-bond donors (Lipinski definition) is 1. The van der Waals surface area contributed by atoms with E-state index in [9.17, 15) is 9.59 Å². The summed E-state index contributed by atoms with van der Waals surface area (Å²) in [6.07, 6.45) is -1.10. The molecule has 1 N–H and O–H groups in total. The van der Waals surface area contributed by atoms with Crippen molar-refractivity contribution in [1.29, 1.82) is 0 Å². The zero-order valence-corrected chi connectivity index (χ0v) is 8.60. The van der Waals surface area contributed by atoms with Crippen molar-refractivity contribution in [3.63, 3.8) is 0 Å². The predicted molar refractivity (Wildman–Crippen MR) is 53.5 cm³/mol. The Hall–Kier alpha value is -1.56. The number of nitrogens with zero attached hydrogens (tertiary/aromatic N) is 3. The summed E-state index contributed by atoms with van der Waals surface area (Å²) in [5.74, 6) is 0.278. The molecule has 2 rings (SSSR count). The molecule has 1 aromatic heterocycles. The van der Waals surface area contributed by atoms with Crippen LogP contribution in [0.15, 0.2) is 10.9 Å². The van der Waals surface area contributed by atoms with Crippen molar-refractivity contribution in [2.45, 2.75) is 19.5 Å². The molecule has 7 heteroatoms. The minimum Gasteiger partial charge on any atom is -0.465 e. The fourth-order valence-corrected chi connectivity index (χ4v) is 1.87. The number of halogens is 1. The minimum absolute atomic E-state index is 0.00611. The first-order chi connectivity index (χ1) is 7.00. The third-order valence-corrected chi connectivity index (χ3v) is 2.49. The Morgan fingerprint density at radius 2 is 2.40 bits per heavy atom. The van der Waals surface area contributed by atoms with E-state index in [1.807, 2.05) is 0 Å². The molecule has 1 atom stereocenters. The summed E-state index contributed by atoms with van der Waals surface area (Å²) in [6, 6.07) is 1.09. The van der Waals surface area contributed by atoms with Crippen molar-refractivity contribution in [2.24, 2.45) is 0 Å². The maximum absolute atomic E-state index is 11.4. The Morgan fingerprint density at radius 3 is 3.00 bits per heavy atom. The zero-order valence-electron chi connectivity index (χ0n) is 7.85. The quantitative estimate of drug-likeness (QED) is 0.667. The normalized spacial score (nSPS) is 19.1. The number of aromatic nitrogens is 2. The van der Waals surface area contributed by atoms with E-state index in [2.05, 4.69) is 4.98 Å². The van der Waals surface area contributed by atoms with Crippen LogP contribution in [0.25, 0.3) is 0 Å². The summed E-state index contributed by atoms with van der Waals surface area (Å²) in [5, 5.41) is 8.97. The molecule has 1 amide bonds. The maximum atomic E-state index is 11.4. The minimum atomic E-state index is -1.10. The largest absolute Gasteiger partial charge is 0.465 e. The lowest BCUT2D eigenvalue weighted by Crippen LogP contribution is -2.34. The third kappa shape index (κ3) is 1.46. The molecule has 0 saturated heterocycles. The van der Waals surface area contributed by atoms with Crippen LogP contribution in [0.2, 0.25) is 5.15 Å². The molecule has 0 unspecified atom stereocenters. The van der Waals surface area contributed by atoms with Crippen LogP contribution >= 0.6 is 11.6 Å². The second-order valence-corrected chi connectivity index (χ2v) is 3.72. The Labute approximate surface area is 89.7 Å². The molecule has 6 nitrogen and oxygen atoms in total. The van der Waals surface area contributed by atoms with Gasteiger partial charge in [0.25, 0.3) is 0 Å². The second-order valence-electron chi connectivity index (χ2n) is 3.33. The molecule has 2 heterocycles. The molecule has 0 aliphatic carbocycles. The molecule has 15 heavy (non-hydrogen) atoms. The first kappa shape index (κ1) is 9.97. The lowest BCUT2D eigenvalue weighted by Gasteiger charge is -2.16. The van der Waals surface area contributed by atoms with E-state index in [1.165, 1.54) is 10.6 Å². The fourth-order valence-electron chi connectivity index (χ4n) is 1.70. The van der Waals surface area contributed by atoms with E-state index in [1.54, 1.807) is 6.92 Å². The number of fused-ring (bicyclic) bond motifs is 1. The molecule has 0 bridgehead atoms. The average Bonchev–Trinajstić information content (AvgIpc) is 2.41. The zero-order chi connectivity index (χ0) is 11.2. The molecular formula is C8H8ClN3O3. The van der Waals surface area contributed by atoms with Crippen molar-refractivity contribution in [1.82, 2.24) is 9.55 Å². The first-order valence-electron chi connectivity index (χ1n) is 4.30. The van der Waals surface area contributed by atoms with Crippen LogP contribution in [0.3, 0.4) is 0 Å². The molecule has 1 aliphatic heterocycles. The smallest absolute Gasteiger partial charge is 0.413 e. The molecule has 0 aromatic carbocycles. The van der Waals surface area contributed by atoms with Gasteiger partial charge in [0, 0.05) is 12.6 Å². The fraction of sp³-hybridized carbons (Fsp3) is 0.375. The second kappa shape index (κ2) is 3.23. The van der Waals surface area contributed by atoms with Gasteiger partial charge in [-0.15, -0.1) is 0 Å². The molecule has 0 fully saturated rings. The van der Waals surface area contributed by atoms with E-state index >= 15 is 0 Å². The Kier molecular flexibility index (Phi) is 2.15. The van der Waals surface area contributed by atoms with Crippen molar-refractivity contribution in [3.05, 3.63) is 21.7 Å². The Balaban J connectivity index is 2.63. The van der Waals surface area contributed by atoms with Gasteiger partial charge in [-0.3, -0.25) is 9.47 Å². The van der Waals surface area contributed by atoms with Crippen LogP contribution in [0.5, 0.6) is 0 Å². The standard InChI is InChI=1S/C8H8ClN3O3/c1-4-3-11-6(12(4)8(14)15)2-5(9)10-7(11)13/h2,4H,3H2,1H3,(H,14,15)/t4-/m0/s1. The lowest BCUT2D eigenvalue weighted by atomic mass is 10.3. The van der Waals surface area contributed by atoms with Crippen LogP contribution < -0.4 is 10.6 Å². The van der Waals surface area contributed by atoms with Gasteiger partial charge in [-0.05, 0) is 6.92 Å². The number of carbonyl (C=O) groups is 1. The van der Waals surface area contributed by atoms with Crippen LogP contribution in [0, 0.1) is 0 Å².